The lowest BCUT2D eigenvalue weighted by atomic mass is 10.2. The molecule has 0 radical (unpaired) electrons. The SMILES string of the molecule is C=C[Si](C)(C)CC(NC(=O)OC(C)(C)C)C(=O)O. The number of hydrogen-bond donors (Lipinski definition) is 2. The average molecular weight is 273 g/mol. The number of aliphatic carboxylic acids is 1. The van der Waals surface area contributed by atoms with Crippen LogP contribution >= 0.6 is 0 Å². The van der Waals surface area contributed by atoms with E-state index in [9.17, 15) is 9.59 Å². The molecule has 6 heteroatoms. The summed E-state index contributed by atoms with van der Waals surface area (Å²) >= 11 is 0. The van der Waals surface area contributed by atoms with Crippen molar-refractivity contribution in [3.63, 3.8) is 0 Å². The van der Waals surface area contributed by atoms with E-state index in [1.165, 1.54) is 0 Å². The van der Waals surface area contributed by atoms with Gasteiger partial charge in [0.25, 0.3) is 0 Å². The van der Waals surface area contributed by atoms with E-state index in [4.69, 9.17) is 9.84 Å². The molecule has 0 bridgehead atoms. The summed E-state index contributed by atoms with van der Waals surface area (Å²) in [7, 11) is -1.82. The second kappa shape index (κ2) is 6.04. The standard InChI is InChI=1S/C12H23NO4Si/c1-7-18(5,6)8-9(10(14)15)13-11(16)17-12(2,3)4/h7,9H,1,8H2,2-6H3,(H,13,16)(H,14,15). The predicted octanol–water partition coefficient (Wildman–Crippen LogP) is 2.40. The van der Waals surface area contributed by atoms with E-state index >= 15 is 0 Å². The van der Waals surface area contributed by atoms with E-state index in [-0.39, 0.29) is 0 Å². The van der Waals surface area contributed by atoms with Crippen molar-refractivity contribution in [3.05, 3.63) is 12.3 Å². The maximum atomic E-state index is 11.5. The quantitative estimate of drug-likeness (QED) is 0.754. The molecule has 0 heterocycles. The summed E-state index contributed by atoms with van der Waals surface area (Å²) < 4.78 is 5.04. The molecule has 0 rings (SSSR count). The topological polar surface area (TPSA) is 75.6 Å². The summed E-state index contributed by atoms with van der Waals surface area (Å²) in [6, 6.07) is -0.537. The molecule has 1 amide bonds. The van der Waals surface area contributed by atoms with E-state index in [2.05, 4.69) is 11.9 Å². The first kappa shape index (κ1) is 16.7. The highest BCUT2D eigenvalue weighted by Crippen LogP contribution is 2.14. The third kappa shape index (κ3) is 7.11. The maximum Gasteiger partial charge on any atom is 0.408 e. The van der Waals surface area contributed by atoms with Crippen LogP contribution in [0.3, 0.4) is 0 Å². The highest BCUT2D eigenvalue weighted by molar-refractivity contribution is 6.82. The van der Waals surface area contributed by atoms with E-state index in [1.54, 1.807) is 26.5 Å². The van der Waals surface area contributed by atoms with E-state index in [0.717, 1.165) is 0 Å². The molecule has 1 atom stereocenters. The summed E-state index contributed by atoms with van der Waals surface area (Å²) in [6.07, 6.45) is -0.705. The van der Waals surface area contributed by atoms with Crippen molar-refractivity contribution in [2.24, 2.45) is 0 Å². The zero-order chi connectivity index (χ0) is 14.6. The molecule has 5 nitrogen and oxygen atoms in total. The van der Waals surface area contributed by atoms with Crippen molar-refractivity contribution in [1.82, 2.24) is 5.32 Å². The molecule has 0 aromatic carbocycles. The van der Waals surface area contributed by atoms with Gasteiger partial charge in [0, 0.05) is 0 Å². The minimum Gasteiger partial charge on any atom is -0.480 e. The lowest BCUT2D eigenvalue weighted by Crippen LogP contribution is -2.47. The highest BCUT2D eigenvalue weighted by Gasteiger charge is 2.30. The van der Waals surface area contributed by atoms with Crippen molar-refractivity contribution in [3.8, 4) is 0 Å². The number of nitrogens with one attached hydrogen (secondary N) is 1. The molecule has 0 aliphatic carbocycles. The lowest BCUT2D eigenvalue weighted by Gasteiger charge is -2.25. The molecule has 1 unspecified atom stereocenters. The van der Waals surface area contributed by atoms with Crippen LogP contribution in [0.5, 0.6) is 0 Å². The fourth-order valence-corrected chi connectivity index (χ4v) is 2.75. The van der Waals surface area contributed by atoms with Gasteiger partial charge in [-0.25, -0.2) is 4.79 Å². The van der Waals surface area contributed by atoms with Gasteiger partial charge >= 0.3 is 12.1 Å². The molecule has 2 N–H and O–H groups in total. The zero-order valence-electron chi connectivity index (χ0n) is 11.7. The molecule has 0 fully saturated rings. The van der Waals surface area contributed by atoms with Gasteiger partial charge in [-0.3, -0.25) is 4.79 Å². The average Bonchev–Trinajstić information content (AvgIpc) is 2.13. The Kier molecular flexibility index (Phi) is 5.60. The van der Waals surface area contributed by atoms with Gasteiger partial charge in [0.15, 0.2) is 0 Å². The summed E-state index contributed by atoms with van der Waals surface area (Å²) in [4.78, 5) is 22.7. The molecule has 104 valence electrons. The molecule has 0 spiro atoms. The molecular weight excluding hydrogens is 250 g/mol. The van der Waals surface area contributed by atoms with Gasteiger partial charge in [0.1, 0.15) is 11.6 Å². The summed E-state index contributed by atoms with van der Waals surface area (Å²) in [5.74, 6) is -1.05. The largest absolute Gasteiger partial charge is 0.480 e. The second-order valence-corrected chi connectivity index (χ2v) is 10.7. The van der Waals surface area contributed by atoms with Gasteiger partial charge in [-0.15, -0.1) is 12.3 Å². The van der Waals surface area contributed by atoms with Crippen LogP contribution in [0.1, 0.15) is 20.8 Å². The van der Waals surface area contributed by atoms with Crippen LogP contribution in [0.4, 0.5) is 4.79 Å². The second-order valence-electron chi connectivity index (χ2n) is 5.93. The van der Waals surface area contributed by atoms with Crippen molar-refractivity contribution in [1.29, 1.82) is 0 Å². The van der Waals surface area contributed by atoms with Crippen LogP contribution in [0.15, 0.2) is 12.3 Å². The normalized spacial score (nSPS) is 13.6. The number of amides is 1. The number of rotatable bonds is 5. The minimum atomic E-state index is -1.82. The van der Waals surface area contributed by atoms with E-state index < -0.39 is 31.8 Å². The molecule has 0 aliphatic rings. The van der Waals surface area contributed by atoms with Gasteiger partial charge in [-0.1, -0.05) is 13.1 Å². The Balaban J connectivity index is 4.61. The number of carbonyl (C=O) groups is 2. The smallest absolute Gasteiger partial charge is 0.408 e. The zero-order valence-corrected chi connectivity index (χ0v) is 12.7. The number of hydrogen-bond acceptors (Lipinski definition) is 3. The highest BCUT2D eigenvalue weighted by atomic mass is 28.3. The first-order chi connectivity index (χ1) is 7.97. The molecular formula is C12H23NO4Si. The van der Waals surface area contributed by atoms with E-state index in [0.29, 0.717) is 6.04 Å². The number of ether oxygens (including phenoxy) is 1. The molecule has 0 aliphatic heterocycles. The number of carboxylic acid groups (broad SMARTS) is 1. The number of alkyl carbamates (subject to hydrolysis) is 1. The molecule has 0 saturated heterocycles. The Morgan fingerprint density at radius 1 is 1.44 bits per heavy atom. The predicted molar refractivity (Wildman–Crippen MR) is 73.3 cm³/mol. The van der Waals surface area contributed by atoms with Crippen molar-refractivity contribution in [2.75, 3.05) is 0 Å². The fraction of sp³-hybridized carbons (Fsp3) is 0.667. The Bertz CT molecular complexity index is 333. The van der Waals surface area contributed by atoms with Gasteiger partial charge in [0.2, 0.25) is 0 Å². The van der Waals surface area contributed by atoms with Crippen molar-refractivity contribution >= 4 is 20.1 Å². The van der Waals surface area contributed by atoms with Gasteiger partial charge in [-0.05, 0) is 26.8 Å². The third-order valence-corrected chi connectivity index (χ3v) is 4.84. The van der Waals surface area contributed by atoms with Crippen LogP contribution in [-0.4, -0.2) is 36.9 Å². The fourth-order valence-electron chi connectivity index (χ4n) is 1.26. The molecule has 0 aromatic heterocycles. The Morgan fingerprint density at radius 3 is 2.28 bits per heavy atom. The van der Waals surface area contributed by atoms with Gasteiger partial charge in [-0.2, -0.15) is 0 Å². The summed E-state index contributed by atoms with van der Waals surface area (Å²) in [6.45, 7) is 12.9. The van der Waals surface area contributed by atoms with E-state index in [1.807, 2.05) is 13.1 Å². The summed E-state index contributed by atoms with van der Waals surface area (Å²) in [5.41, 5.74) is 1.16. The molecule has 0 saturated carbocycles. The van der Waals surface area contributed by atoms with Crippen molar-refractivity contribution < 1.29 is 19.4 Å². The Morgan fingerprint density at radius 2 is 1.94 bits per heavy atom. The van der Waals surface area contributed by atoms with Crippen LogP contribution in [-0.2, 0) is 9.53 Å². The first-order valence-electron chi connectivity index (χ1n) is 5.83. The monoisotopic (exact) mass is 273 g/mol. The van der Waals surface area contributed by atoms with Crippen LogP contribution in [0, 0.1) is 0 Å². The van der Waals surface area contributed by atoms with Crippen LogP contribution in [0.2, 0.25) is 19.1 Å². The maximum absolute atomic E-state index is 11.5. The summed E-state index contributed by atoms with van der Waals surface area (Å²) in [5, 5.41) is 11.5. The Labute approximate surface area is 109 Å². The lowest BCUT2D eigenvalue weighted by molar-refractivity contribution is -0.139. The van der Waals surface area contributed by atoms with Gasteiger partial charge in [0.05, 0.1) is 8.07 Å². The van der Waals surface area contributed by atoms with Crippen LogP contribution < -0.4 is 5.32 Å². The molecule has 0 aromatic rings. The Hall–Kier alpha value is -1.30. The third-order valence-electron chi connectivity index (χ3n) is 2.27. The first-order valence-corrected chi connectivity index (χ1v) is 9.11. The minimum absolute atomic E-state index is 0.394. The van der Waals surface area contributed by atoms with Crippen LogP contribution in [0.25, 0.3) is 0 Å². The molecule has 18 heavy (non-hydrogen) atoms. The number of carboxylic acids is 1. The number of carbonyl (C=O) groups excluding carboxylic acids is 1. The van der Waals surface area contributed by atoms with Gasteiger partial charge < -0.3 is 15.2 Å². The van der Waals surface area contributed by atoms with Crippen molar-refractivity contribution in [2.45, 2.75) is 51.6 Å².